The topological polar surface area (TPSA) is 57.5 Å². The van der Waals surface area contributed by atoms with Crippen LogP contribution in [0, 0.1) is 6.92 Å². The molecule has 5 nitrogen and oxygen atoms in total. The maximum atomic E-state index is 12.8. The van der Waals surface area contributed by atoms with E-state index in [9.17, 15) is 9.59 Å². The largest absolute Gasteiger partial charge is 0.467 e. The van der Waals surface area contributed by atoms with Crippen LogP contribution in [0.2, 0.25) is 0 Å². The second-order valence-electron chi connectivity index (χ2n) is 7.36. The lowest BCUT2D eigenvalue weighted by Gasteiger charge is -2.10. The number of ketones is 1. The molecule has 0 spiro atoms. The second kappa shape index (κ2) is 10.5. The van der Waals surface area contributed by atoms with Crippen LogP contribution in [0.1, 0.15) is 39.7 Å². The zero-order chi connectivity index (χ0) is 22.2. The maximum absolute atomic E-state index is 12.8. The van der Waals surface area contributed by atoms with Crippen LogP contribution >= 0.6 is 0 Å². The molecule has 0 saturated heterocycles. The molecule has 0 N–H and O–H groups in total. The fourth-order valence-corrected chi connectivity index (χ4v) is 3.11. The average Bonchev–Trinajstić information content (AvgIpc) is 3.26. The molecule has 1 atom stereocenters. The van der Waals surface area contributed by atoms with E-state index >= 15 is 0 Å². The summed E-state index contributed by atoms with van der Waals surface area (Å²) >= 11 is 0. The minimum Gasteiger partial charge on any atom is -0.467 e. The van der Waals surface area contributed by atoms with E-state index in [2.05, 4.69) is 4.74 Å². The maximum Gasteiger partial charge on any atom is 0.334 e. The zero-order valence-electron chi connectivity index (χ0n) is 18.1. The van der Waals surface area contributed by atoms with Gasteiger partial charge in [0.2, 0.25) is 5.78 Å². The third kappa shape index (κ3) is 6.03. The van der Waals surface area contributed by atoms with Crippen LogP contribution in [-0.2, 0) is 27.4 Å². The summed E-state index contributed by atoms with van der Waals surface area (Å²) in [6.07, 6.45) is 5.36. The first-order valence-electron chi connectivity index (χ1n) is 10.2. The molecule has 0 aliphatic carbocycles. The monoisotopic (exact) mass is 417 g/mol. The van der Waals surface area contributed by atoms with Crippen molar-refractivity contribution in [1.29, 1.82) is 0 Å². The van der Waals surface area contributed by atoms with Crippen LogP contribution in [0.15, 0.2) is 72.9 Å². The number of carbonyl (C=O) groups is 2. The highest BCUT2D eigenvalue weighted by atomic mass is 16.6. The molecule has 3 rings (SSSR count). The van der Waals surface area contributed by atoms with E-state index in [0.717, 1.165) is 16.7 Å². The molecule has 0 amide bonds. The average molecular weight is 418 g/mol. The first-order chi connectivity index (χ1) is 15.0. The number of rotatable bonds is 9. The minimum absolute atomic E-state index is 0.0175. The van der Waals surface area contributed by atoms with Crippen molar-refractivity contribution in [2.24, 2.45) is 0 Å². The summed E-state index contributed by atoms with van der Waals surface area (Å²) in [6.45, 7) is 4.61. The van der Waals surface area contributed by atoms with Crippen molar-refractivity contribution in [3.63, 3.8) is 0 Å². The molecule has 2 aromatic carbocycles. The Morgan fingerprint density at radius 1 is 1.03 bits per heavy atom. The number of allylic oxidation sites excluding steroid dienone is 1. The van der Waals surface area contributed by atoms with Crippen molar-refractivity contribution in [1.82, 2.24) is 4.57 Å². The normalized spacial score (nSPS) is 12.1. The summed E-state index contributed by atoms with van der Waals surface area (Å²) in [6, 6.07) is 19.3. The zero-order valence-corrected chi connectivity index (χ0v) is 18.1. The van der Waals surface area contributed by atoms with Crippen LogP contribution in [-0.4, -0.2) is 29.5 Å². The van der Waals surface area contributed by atoms with Crippen LogP contribution in [0.5, 0.6) is 0 Å². The SMILES string of the molecule is COC(=O)[C@@H](C)OCc1ccc(/C=C/Cn2cccc2C(=O)c2ccc(C)cc2)cc1. The van der Waals surface area contributed by atoms with Gasteiger partial charge in [-0.05, 0) is 37.1 Å². The summed E-state index contributed by atoms with van der Waals surface area (Å²) < 4.78 is 12.1. The number of ether oxygens (including phenoxy) is 2. The summed E-state index contributed by atoms with van der Waals surface area (Å²) in [4.78, 5) is 24.2. The molecule has 31 heavy (non-hydrogen) atoms. The summed E-state index contributed by atoms with van der Waals surface area (Å²) in [5, 5.41) is 0. The van der Waals surface area contributed by atoms with E-state index in [1.54, 1.807) is 6.92 Å². The third-order valence-corrected chi connectivity index (χ3v) is 5.00. The van der Waals surface area contributed by atoms with Crippen molar-refractivity contribution >= 4 is 17.8 Å². The van der Waals surface area contributed by atoms with Crippen molar-refractivity contribution < 1.29 is 19.1 Å². The van der Waals surface area contributed by atoms with Gasteiger partial charge in [0.25, 0.3) is 0 Å². The quantitative estimate of drug-likeness (QED) is 0.370. The molecule has 0 aliphatic rings. The molecule has 0 bridgehead atoms. The van der Waals surface area contributed by atoms with Gasteiger partial charge in [-0.15, -0.1) is 0 Å². The number of benzene rings is 2. The second-order valence-corrected chi connectivity index (χ2v) is 7.36. The standard InChI is InChI=1S/C26H27NO4/c1-19-8-14-23(15-9-19)25(28)24-7-5-17-27(24)16-4-6-21-10-12-22(13-11-21)18-31-20(2)26(29)30-3/h4-15,17,20H,16,18H2,1-3H3/b6-4+/t20-/m1/s1. The van der Waals surface area contributed by atoms with Crippen LogP contribution in [0.25, 0.3) is 6.08 Å². The molecule has 0 fully saturated rings. The number of esters is 1. The molecule has 3 aromatic rings. The molecule has 0 saturated carbocycles. The molecule has 1 heterocycles. The van der Waals surface area contributed by atoms with E-state index in [1.807, 2.05) is 90.5 Å². The Kier molecular flexibility index (Phi) is 7.57. The fraction of sp³-hybridized carbons (Fsp3) is 0.231. The van der Waals surface area contributed by atoms with Crippen LogP contribution < -0.4 is 0 Å². The highest BCUT2D eigenvalue weighted by Gasteiger charge is 2.13. The fourth-order valence-electron chi connectivity index (χ4n) is 3.11. The lowest BCUT2D eigenvalue weighted by atomic mass is 10.1. The summed E-state index contributed by atoms with van der Waals surface area (Å²) in [5.74, 6) is -0.367. The van der Waals surface area contributed by atoms with Gasteiger partial charge in [0.15, 0.2) is 6.10 Å². The lowest BCUT2D eigenvalue weighted by Crippen LogP contribution is -2.21. The Balaban J connectivity index is 1.58. The molecule has 0 radical (unpaired) electrons. The number of aryl methyl sites for hydroxylation is 1. The van der Waals surface area contributed by atoms with Gasteiger partial charge >= 0.3 is 5.97 Å². The Hall–Kier alpha value is -3.44. The van der Waals surface area contributed by atoms with Crippen molar-refractivity contribution in [3.8, 4) is 0 Å². The molecule has 5 heteroatoms. The minimum atomic E-state index is -0.594. The Labute approximate surface area is 182 Å². The van der Waals surface area contributed by atoms with Crippen molar-refractivity contribution in [3.05, 3.63) is 101 Å². The smallest absolute Gasteiger partial charge is 0.334 e. The van der Waals surface area contributed by atoms with E-state index in [1.165, 1.54) is 7.11 Å². The number of hydrogen-bond acceptors (Lipinski definition) is 4. The van der Waals surface area contributed by atoms with Gasteiger partial charge in [0.1, 0.15) is 0 Å². The Morgan fingerprint density at radius 3 is 2.42 bits per heavy atom. The molecule has 0 unspecified atom stereocenters. The molecule has 0 aliphatic heterocycles. The Bertz CT molecular complexity index is 1050. The predicted molar refractivity (Wildman–Crippen MR) is 121 cm³/mol. The first kappa shape index (κ1) is 22.2. The van der Waals surface area contributed by atoms with E-state index in [-0.39, 0.29) is 11.8 Å². The van der Waals surface area contributed by atoms with Gasteiger partial charge in [0, 0.05) is 18.3 Å². The number of carbonyl (C=O) groups excluding carboxylic acids is 2. The van der Waals surface area contributed by atoms with Gasteiger partial charge < -0.3 is 14.0 Å². The first-order valence-corrected chi connectivity index (χ1v) is 10.2. The lowest BCUT2D eigenvalue weighted by molar-refractivity contribution is -0.153. The summed E-state index contributed by atoms with van der Waals surface area (Å²) in [5.41, 5.74) is 4.51. The Morgan fingerprint density at radius 2 is 1.74 bits per heavy atom. The van der Waals surface area contributed by atoms with Crippen molar-refractivity contribution in [2.75, 3.05) is 7.11 Å². The third-order valence-electron chi connectivity index (χ3n) is 5.00. The van der Waals surface area contributed by atoms with Gasteiger partial charge in [0.05, 0.1) is 19.4 Å². The molecule has 1 aromatic heterocycles. The number of methoxy groups -OCH3 is 1. The van der Waals surface area contributed by atoms with Gasteiger partial charge in [-0.2, -0.15) is 0 Å². The molecular formula is C26H27NO4. The van der Waals surface area contributed by atoms with E-state index in [4.69, 9.17) is 4.74 Å². The van der Waals surface area contributed by atoms with Gasteiger partial charge in [-0.25, -0.2) is 4.79 Å². The molecule has 160 valence electrons. The van der Waals surface area contributed by atoms with Crippen LogP contribution in [0.4, 0.5) is 0 Å². The highest BCUT2D eigenvalue weighted by Crippen LogP contribution is 2.13. The van der Waals surface area contributed by atoms with E-state index < -0.39 is 6.10 Å². The van der Waals surface area contributed by atoms with Gasteiger partial charge in [-0.1, -0.05) is 66.2 Å². The predicted octanol–water partition coefficient (Wildman–Crippen LogP) is 4.82. The van der Waals surface area contributed by atoms with Gasteiger partial charge in [-0.3, -0.25) is 4.79 Å². The number of hydrogen-bond donors (Lipinski definition) is 0. The number of nitrogens with zero attached hydrogens (tertiary/aromatic N) is 1. The highest BCUT2D eigenvalue weighted by molar-refractivity contribution is 6.08. The molecular weight excluding hydrogens is 390 g/mol. The summed E-state index contributed by atoms with van der Waals surface area (Å²) in [7, 11) is 1.35. The van der Waals surface area contributed by atoms with Crippen LogP contribution in [0.3, 0.4) is 0 Å². The van der Waals surface area contributed by atoms with E-state index in [0.29, 0.717) is 24.4 Å². The van der Waals surface area contributed by atoms with Crippen molar-refractivity contribution in [2.45, 2.75) is 33.1 Å². The number of aromatic nitrogens is 1.